The summed E-state index contributed by atoms with van der Waals surface area (Å²) >= 11 is 0. The average molecular weight is 181 g/mol. The molecule has 2 aliphatic heterocycles. The van der Waals surface area contributed by atoms with Gasteiger partial charge in [0.2, 0.25) is 0 Å². The fraction of sp³-hybridized carbons (Fsp3) is 1.00. The first-order chi connectivity index (χ1) is 6.22. The van der Waals surface area contributed by atoms with Gasteiger partial charge in [0.15, 0.2) is 0 Å². The van der Waals surface area contributed by atoms with Gasteiger partial charge in [0.25, 0.3) is 0 Å². The van der Waals surface area contributed by atoms with Crippen LogP contribution >= 0.6 is 0 Å². The van der Waals surface area contributed by atoms with Gasteiger partial charge in [0.1, 0.15) is 0 Å². The summed E-state index contributed by atoms with van der Waals surface area (Å²) in [5.74, 6) is 1.92. The van der Waals surface area contributed by atoms with Gasteiger partial charge in [-0.1, -0.05) is 20.8 Å². The Balaban J connectivity index is 2.02. The van der Waals surface area contributed by atoms with Crippen molar-refractivity contribution in [1.29, 1.82) is 0 Å². The molecule has 1 nitrogen and oxygen atoms in total. The number of fused-ring (bicyclic) bond motifs is 2. The fourth-order valence-electron chi connectivity index (χ4n) is 3.38. The summed E-state index contributed by atoms with van der Waals surface area (Å²) in [6.07, 6.45) is 5.90. The van der Waals surface area contributed by atoms with E-state index in [1.165, 1.54) is 32.2 Å². The minimum atomic E-state index is 0.905. The maximum atomic E-state index is 2.75. The van der Waals surface area contributed by atoms with Crippen LogP contribution in [0.15, 0.2) is 0 Å². The van der Waals surface area contributed by atoms with Crippen LogP contribution < -0.4 is 0 Å². The van der Waals surface area contributed by atoms with E-state index in [2.05, 4.69) is 25.7 Å². The van der Waals surface area contributed by atoms with E-state index in [4.69, 9.17) is 0 Å². The molecule has 2 bridgehead atoms. The zero-order valence-corrected chi connectivity index (χ0v) is 9.29. The lowest BCUT2D eigenvalue weighted by molar-refractivity contribution is 0.0908. The highest BCUT2D eigenvalue weighted by Crippen LogP contribution is 2.40. The molecule has 0 amide bonds. The maximum Gasteiger partial charge on any atom is 0.0101 e. The number of hydrogen-bond donors (Lipinski definition) is 0. The summed E-state index contributed by atoms with van der Waals surface area (Å²) < 4.78 is 0. The molecule has 13 heavy (non-hydrogen) atoms. The molecule has 0 radical (unpaired) electrons. The number of nitrogens with zero attached hydrogens (tertiary/aromatic N) is 1. The van der Waals surface area contributed by atoms with Crippen molar-refractivity contribution in [2.45, 2.75) is 58.5 Å². The van der Waals surface area contributed by atoms with Crippen LogP contribution in [0.4, 0.5) is 0 Å². The lowest BCUT2D eigenvalue weighted by Crippen LogP contribution is -2.43. The second-order valence-electron chi connectivity index (χ2n) is 5.19. The summed E-state index contributed by atoms with van der Waals surface area (Å²) in [4.78, 5) is 2.75. The zero-order valence-electron chi connectivity index (χ0n) is 9.29. The van der Waals surface area contributed by atoms with E-state index in [-0.39, 0.29) is 0 Å². The van der Waals surface area contributed by atoms with E-state index in [1.807, 2.05) is 0 Å². The van der Waals surface area contributed by atoms with Crippen LogP contribution in [-0.2, 0) is 0 Å². The van der Waals surface area contributed by atoms with E-state index in [1.54, 1.807) is 0 Å². The molecule has 2 atom stereocenters. The maximum absolute atomic E-state index is 2.75. The van der Waals surface area contributed by atoms with Gasteiger partial charge < -0.3 is 0 Å². The number of rotatable bonds is 2. The Labute approximate surface area is 82.5 Å². The monoisotopic (exact) mass is 181 g/mol. The van der Waals surface area contributed by atoms with Gasteiger partial charge >= 0.3 is 0 Å². The molecule has 2 aliphatic rings. The molecule has 0 aromatic carbocycles. The van der Waals surface area contributed by atoms with Crippen LogP contribution in [0.5, 0.6) is 0 Å². The third-order valence-corrected chi connectivity index (χ3v) is 4.23. The molecule has 1 heteroatoms. The Kier molecular flexibility index (Phi) is 2.64. The van der Waals surface area contributed by atoms with Crippen LogP contribution in [0, 0.1) is 11.8 Å². The molecule has 76 valence electrons. The molecular weight excluding hydrogens is 158 g/mol. The van der Waals surface area contributed by atoms with Gasteiger partial charge in [-0.15, -0.1) is 0 Å². The highest BCUT2D eigenvalue weighted by atomic mass is 15.2. The first-order valence-corrected chi connectivity index (χ1v) is 5.98. The summed E-state index contributed by atoms with van der Waals surface area (Å²) in [5.41, 5.74) is 0. The molecule has 0 aromatic rings. The Morgan fingerprint density at radius 2 is 1.69 bits per heavy atom. The van der Waals surface area contributed by atoms with Crippen molar-refractivity contribution >= 4 is 0 Å². The minimum absolute atomic E-state index is 0.905. The third-order valence-electron chi connectivity index (χ3n) is 4.23. The standard InChI is InChI=1S/C12H23N/c1-4-13-11-5-6-12(13)8-10(7-11)9(2)3/h9-12H,4-8H2,1-3H3. The quantitative estimate of drug-likeness (QED) is 0.633. The molecule has 0 spiro atoms. The van der Waals surface area contributed by atoms with E-state index in [0.29, 0.717) is 0 Å². The topological polar surface area (TPSA) is 3.24 Å². The average Bonchev–Trinajstić information content (AvgIpc) is 2.34. The van der Waals surface area contributed by atoms with E-state index < -0.39 is 0 Å². The number of hydrogen-bond acceptors (Lipinski definition) is 1. The van der Waals surface area contributed by atoms with Gasteiger partial charge in [-0.2, -0.15) is 0 Å². The van der Waals surface area contributed by atoms with Crippen molar-refractivity contribution in [2.75, 3.05) is 6.54 Å². The largest absolute Gasteiger partial charge is 0.298 e. The van der Waals surface area contributed by atoms with Crippen LogP contribution in [0.3, 0.4) is 0 Å². The molecule has 2 heterocycles. The van der Waals surface area contributed by atoms with Gasteiger partial charge in [-0.05, 0) is 44.1 Å². The SMILES string of the molecule is CCN1C2CCC1CC(C(C)C)C2. The highest BCUT2D eigenvalue weighted by molar-refractivity contribution is 4.94. The van der Waals surface area contributed by atoms with Crippen molar-refractivity contribution in [3.63, 3.8) is 0 Å². The first kappa shape index (κ1) is 9.51. The molecular formula is C12H23N. The molecule has 2 rings (SSSR count). The summed E-state index contributed by atoms with van der Waals surface area (Å²) in [6.45, 7) is 8.39. The number of piperidine rings is 1. The predicted octanol–water partition coefficient (Wildman–Crippen LogP) is 2.91. The van der Waals surface area contributed by atoms with Crippen LogP contribution in [0.1, 0.15) is 46.5 Å². The van der Waals surface area contributed by atoms with E-state index in [0.717, 1.165) is 23.9 Å². The molecule has 2 unspecified atom stereocenters. The minimum Gasteiger partial charge on any atom is -0.298 e. The highest BCUT2D eigenvalue weighted by Gasteiger charge is 2.40. The normalized spacial score (nSPS) is 40.2. The molecule has 0 N–H and O–H groups in total. The molecule has 2 saturated heterocycles. The van der Waals surface area contributed by atoms with Crippen molar-refractivity contribution in [2.24, 2.45) is 11.8 Å². The molecule has 0 aliphatic carbocycles. The zero-order chi connectivity index (χ0) is 9.42. The summed E-state index contributed by atoms with van der Waals surface area (Å²) in [7, 11) is 0. The second kappa shape index (κ2) is 3.61. The molecule has 0 aromatic heterocycles. The Morgan fingerprint density at radius 1 is 1.15 bits per heavy atom. The predicted molar refractivity (Wildman–Crippen MR) is 56.8 cm³/mol. The van der Waals surface area contributed by atoms with Crippen LogP contribution in [0.25, 0.3) is 0 Å². The van der Waals surface area contributed by atoms with E-state index >= 15 is 0 Å². The van der Waals surface area contributed by atoms with Crippen LogP contribution in [0.2, 0.25) is 0 Å². The lowest BCUT2D eigenvalue weighted by atomic mass is 9.83. The van der Waals surface area contributed by atoms with Crippen LogP contribution in [-0.4, -0.2) is 23.5 Å². The Hall–Kier alpha value is -0.0400. The fourth-order valence-corrected chi connectivity index (χ4v) is 3.38. The third kappa shape index (κ3) is 1.63. The lowest BCUT2D eigenvalue weighted by Gasteiger charge is -2.39. The van der Waals surface area contributed by atoms with Gasteiger partial charge in [0, 0.05) is 12.1 Å². The van der Waals surface area contributed by atoms with Gasteiger partial charge in [0.05, 0.1) is 0 Å². The van der Waals surface area contributed by atoms with Gasteiger partial charge in [-0.3, -0.25) is 4.90 Å². The molecule has 0 saturated carbocycles. The van der Waals surface area contributed by atoms with Crippen molar-refractivity contribution in [1.82, 2.24) is 4.90 Å². The van der Waals surface area contributed by atoms with Crippen molar-refractivity contribution < 1.29 is 0 Å². The van der Waals surface area contributed by atoms with E-state index in [9.17, 15) is 0 Å². The van der Waals surface area contributed by atoms with Crippen molar-refractivity contribution in [3.8, 4) is 0 Å². The molecule has 2 fully saturated rings. The summed E-state index contributed by atoms with van der Waals surface area (Å²) in [5, 5.41) is 0. The smallest absolute Gasteiger partial charge is 0.0101 e. The summed E-state index contributed by atoms with van der Waals surface area (Å²) in [6, 6.07) is 1.88. The Morgan fingerprint density at radius 3 is 2.08 bits per heavy atom. The second-order valence-corrected chi connectivity index (χ2v) is 5.19. The van der Waals surface area contributed by atoms with Crippen molar-refractivity contribution in [3.05, 3.63) is 0 Å². The Bertz CT molecular complexity index is 162. The van der Waals surface area contributed by atoms with Gasteiger partial charge in [-0.25, -0.2) is 0 Å². The first-order valence-electron chi connectivity index (χ1n) is 5.98.